The van der Waals surface area contributed by atoms with Gasteiger partial charge in [-0.05, 0) is 45.2 Å². The summed E-state index contributed by atoms with van der Waals surface area (Å²) in [5.41, 5.74) is 3.52. The lowest BCUT2D eigenvalue weighted by atomic mass is 10.2. The molecule has 4 nitrogen and oxygen atoms in total. The van der Waals surface area contributed by atoms with Crippen LogP contribution in [0.1, 0.15) is 42.8 Å². The van der Waals surface area contributed by atoms with E-state index in [2.05, 4.69) is 29.2 Å². The lowest BCUT2D eigenvalue weighted by Crippen LogP contribution is -2.24. The molecule has 5 heteroatoms. The molecule has 1 aliphatic carbocycles. The average Bonchev–Trinajstić information content (AvgIpc) is 3.04. The number of aryl methyl sites for hydroxylation is 1. The minimum Gasteiger partial charge on any atom is -0.346 e. The summed E-state index contributed by atoms with van der Waals surface area (Å²) in [4.78, 5) is 0. The number of aromatic nitrogens is 1. The van der Waals surface area contributed by atoms with E-state index >= 15 is 0 Å². The van der Waals surface area contributed by atoms with Gasteiger partial charge in [0.25, 0.3) is 0 Å². The zero-order chi connectivity index (χ0) is 12.6. The van der Waals surface area contributed by atoms with Crippen LogP contribution >= 0.6 is 0 Å². The van der Waals surface area contributed by atoms with Crippen LogP contribution in [0, 0.1) is 13.8 Å². The highest BCUT2D eigenvalue weighted by Gasteiger charge is 2.26. The Hall–Kier alpha value is -0.810. The smallest absolute Gasteiger partial charge is 0.211 e. The Labute approximate surface area is 103 Å². The third kappa shape index (κ3) is 2.72. The molecular formula is C12H20N2O2S. The monoisotopic (exact) mass is 256 g/mol. The van der Waals surface area contributed by atoms with Gasteiger partial charge in [-0.25, -0.2) is 13.1 Å². The predicted octanol–water partition coefficient (Wildman–Crippen LogP) is 1.88. The summed E-state index contributed by atoms with van der Waals surface area (Å²) in [6.07, 6.45) is 2.49. The van der Waals surface area contributed by atoms with E-state index in [1.54, 1.807) is 6.92 Å². The fraction of sp³-hybridized carbons (Fsp3) is 0.667. The maximum atomic E-state index is 11.4. The zero-order valence-electron chi connectivity index (χ0n) is 10.7. The molecular weight excluding hydrogens is 236 g/mol. The summed E-state index contributed by atoms with van der Waals surface area (Å²) in [5.74, 6) is 0.133. The molecule has 1 heterocycles. The zero-order valence-corrected chi connectivity index (χ0v) is 11.5. The molecule has 96 valence electrons. The summed E-state index contributed by atoms with van der Waals surface area (Å²) in [5, 5.41) is 0. The van der Waals surface area contributed by atoms with Gasteiger partial charge in [0.05, 0.1) is 5.75 Å². The standard InChI is InChI=1S/C12H20N2O2S/c1-4-17(15,16)13-8-11-7-9(2)14(10(11)3)12-5-6-12/h7,12-13H,4-6,8H2,1-3H3. The van der Waals surface area contributed by atoms with Crippen LogP contribution in [0.4, 0.5) is 0 Å². The van der Waals surface area contributed by atoms with E-state index in [1.807, 2.05) is 0 Å². The molecule has 0 radical (unpaired) electrons. The lowest BCUT2D eigenvalue weighted by Gasteiger charge is -2.08. The van der Waals surface area contributed by atoms with Crippen LogP contribution in [-0.4, -0.2) is 18.7 Å². The van der Waals surface area contributed by atoms with Crippen molar-refractivity contribution in [1.29, 1.82) is 0 Å². The number of rotatable bonds is 5. The van der Waals surface area contributed by atoms with E-state index in [1.165, 1.54) is 24.2 Å². The van der Waals surface area contributed by atoms with Crippen molar-refractivity contribution in [1.82, 2.24) is 9.29 Å². The number of hydrogen-bond donors (Lipinski definition) is 1. The molecule has 1 saturated carbocycles. The Morgan fingerprint density at radius 2 is 2.06 bits per heavy atom. The van der Waals surface area contributed by atoms with E-state index in [0.29, 0.717) is 12.6 Å². The highest BCUT2D eigenvalue weighted by molar-refractivity contribution is 7.89. The van der Waals surface area contributed by atoms with Crippen LogP contribution in [0.25, 0.3) is 0 Å². The van der Waals surface area contributed by atoms with Crippen molar-refractivity contribution in [3.63, 3.8) is 0 Å². The Morgan fingerprint density at radius 1 is 1.41 bits per heavy atom. The fourth-order valence-corrected chi connectivity index (χ4v) is 2.79. The maximum Gasteiger partial charge on any atom is 0.211 e. The van der Waals surface area contributed by atoms with Gasteiger partial charge in [-0.3, -0.25) is 0 Å². The van der Waals surface area contributed by atoms with Crippen LogP contribution < -0.4 is 4.72 Å². The first-order valence-corrected chi connectivity index (χ1v) is 7.74. The first kappa shape index (κ1) is 12.6. The summed E-state index contributed by atoms with van der Waals surface area (Å²) >= 11 is 0. The van der Waals surface area contributed by atoms with Crippen molar-refractivity contribution in [2.75, 3.05) is 5.75 Å². The molecule has 1 fully saturated rings. The molecule has 0 amide bonds. The molecule has 0 aliphatic heterocycles. The third-order valence-electron chi connectivity index (χ3n) is 3.36. The second-order valence-electron chi connectivity index (χ2n) is 4.72. The van der Waals surface area contributed by atoms with Gasteiger partial charge in [-0.1, -0.05) is 0 Å². The molecule has 0 aromatic carbocycles. The Bertz CT molecular complexity index is 513. The topological polar surface area (TPSA) is 51.1 Å². The van der Waals surface area contributed by atoms with Gasteiger partial charge in [0.15, 0.2) is 0 Å². The van der Waals surface area contributed by atoms with Crippen molar-refractivity contribution >= 4 is 10.0 Å². The second-order valence-corrected chi connectivity index (χ2v) is 6.82. The molecule has 0 atom stereocenters. The van der Waals surface area contributed by atoms with E-state index in [9.17, 15) is 8.42 Å². The van der Waals surface area contributed by atoms with Gasteiger partial charge in [-0.2, -0.15) is 0 Å². The minimum absolute atomic E-state index is 0.133. The Morgan fingerprint density at radius 3 is 2.59 bits per heavy atom. The third-order valence-corrected chi connectivity index (χ3v) is 4.71. The summed E-state index contributed by atoms with van der Waals surface area (Å²) < 4.78 is 27.8. The molecule has 0 saturated heterocycles. The molecule has 1 aromatic heterocycles. The van der Waals surface area contributed by atoms with Gasteiger partial charge >= 0.3 is 0 Å². The average molecular weight is 256 g/mol. The largest absolute Gasteiger partial charge is 0.346 e. The van der Waals surface area contributed by atoms with Crippen molar-refractivity contribution in [2.24, 2.45) is 0 Å². The molecule has 1 aromatic rings. The van der Waals surface area contributed by atoms with E-state index in [0.717, 1.165) is 5.56 Å². The SMILES string of the molecule is CCS(=O)(=O)NCc1cc(C)n(C2CC2)c1C. The van der Waals surface area contributed by atoms with Gasteiger partial charge in [-0.15, -0.1) is 0 Å². The Kier molecular flexibility index (Phi) is 3.32. The Balaban J connectivity index is 2.14. The van der Waals surface area contributed by atoms with Crippen molar-refractivity contribution in [3.8, 4) is 0 Å². The number of hydrogen-bond acceptors (Lipinski definition) is 2. The highest BCUT2D eigenvalue weighted by Crippen LogP contribution is 2.38. The maximum absolute atomic E-state index is 11.4. The van der Waals surface area contributed by atoms with Gasteiger partial charge < -0.3 is 4.57 Å². The van der Waals surface area contributed by atoms with Crippen molar-refractivity contribution < 1.29 is 8.42 Å². The van der Waals surface area contributed by atoms with Crippen LogP contribution in [-0.2, 0) is 16.6 Å². The van der Waals surface area contributed by atoms with E-state index in [4.69, 9.17) is 0 Å². The second kappa shape index (κ2) is 4.46. The quantitative estimate of drug-likeness (QED) is 0.874. The van der Waals surface area contributed by atoms with Crippen LogP contribution in [0.5, 0.6) is 0 Å². The first-order chi connectivity index (χ1) is 7.94. The summed E-state index contributed by atoms with van der Waals surface area (Å²) in [6.45, 7) is 6.21. The minimum atomic E-state index is -3.10. The molecule has 0 bridgehead atoms. The van der Waals surface area contributed by atoms with Gasteiger partial charge in [0.2, 0.25) is 10.0 Å². The number of sulfonamides is 1. The summed E-state index contributed by atoms with van der Waals surface area (Å²) in [6, 6.07) is 2.73. The van der Waals surface area contributed by atoms with Crippen molar-refractivity contribution in [2.45, 2.75) is 46.2 Å². The fourth-order valence-electron chi connectivity index (χ4n) is 2.21. The molecule has 0 spiro atoms. The predicted molar refractivity (Wildman–Crippen MR) is 68.5 cm³/mol. The number of nitrogens with one attached hydrogen (secondary N) is 1. The van der Waals surface area contributed by atoms with Crippen LogP contribution in [0.2, 0.25) is 0 Å². The van der Waals surface area contributed by atoms with E-state index in [-0.39, 0.29) is 5.75 Å². The highest BCUT2D eigenvalue weighted by atomic mass is 32.2. The number of nitrogens with zero attached hydrogens (tertiary/aromatic N) is 1. The lowest BCUT2D eigenvalue weighted by molar-refractivity contribution is 0.582. The van der Waals surface area contributed by atoms with Gasteiger partial charge in [0, 0.05) is 24.0 Å². The normalized spacial score (nSPS) is 16.4. The van der Waals surface area contributed by atoms with E-state index < -0.39 is 10.0 Å². The molecule has 17 heavy (non-hydrogen) atoms. The molecule has 1 aliphatic rings. The summed E-state index contributed by atoms with van der Waals surface area (Å²) in [7, 11) is -3.10. The first-order valence-electron chi connectivity index (χ1n) is 6.09. The van der Waals surface area contributed by atoms with Crippen LogP contribution in [0.3, 0.4) is 0 Å². The molecule has 1 N–H and O–H groups in total. The van der Waals surface area contributed by atoms with Crippen molar-refractivity contribution in [3.05, 3.63) is 23.0 Å². The van der Waals surface area contributed by atoms with Crippen LogP contribution in [0.15, 0.2) is 6.07 Å². The molecule has 0 unspecified atom stereocenters. The molecule has 2 rings (SSSR count). The van der Waals surface area contributed by atoms with Gasteiger partial charge in [0.1, 0.15) is 0 Å².